The summed E-state index contributed by atoms with van der Waals surface area (Å²) >= 11 is 0. The average Bonchev–Trinajstić information content (AvgIpc) is 3.11. The minimum absolute atomic E-state index is 0.220. The lowest BCUT2D eigenvalue weighted by Crippen LogP contribution is -2.52. The molecular weight excluding hydrogens is 425 g/mol. The molecular formula is C25H36FN3O4. The highest BCUT2D eigenvalue weighted by molar-refractivity contribution is 5.91. The van der Waals surface area contributed by atoms with Crippen LogP contribution in [0.15, 0.2) is 18.2 Å². The molecule has 0 saturated carbocycles. The number of likely N-dealkylation sites (tertiary alicyclic amines) is 2. The van der Waals surface area contributed by atoms with Crippen molar-refractivity contribution in [3.05, 3.63) is 29.6 Å². The summed E-state index contributed by atoms with van der Waals surface area (Å²) in [5.74, 6) is -0.00373. The summed E-state index contributed by atoms with van der Waals surface area (Å²) in [4.78, 5) is 30.8. The van der Waals surface area contributed by atoms with Gasteiger partial charge in [0.05, 0.1) is 18.9 Å². The van der Waals surface area contributed by atoms with Crippen LogP contribution in [0.25, 0.3) is 0 Å². The summed E-state index contributed by atoms with van der Waals surface area (Å²) in [5.41, 5.74) is 1.47. The number of halogens is 1. The number of piperidine rings is 2. The Morgan fingerprint density at radius 3 is 2.42 bits per heavy atom. The first-order valence-corrected chi connectivity index (χ1v) is 12.2. The zero-order chi connectivity index (χ0) is 23.6. The van der Waals surface area contributed by atoms with Crippen molar-refractivity contribution in [2.45, 2.75) is 57.9 Å². The quantitative estimate of drug-likeness (QED) is 0.665. The van der Waals surface area contributed by atoms with Gasteiger partial charge in [-0.3, -0.25) is 4.90 Å². The zero-order valence-electron chi connectivity index (χ0n) is 20.0. The number of fused-ring (bicyclic) bond motifs is 2. The van der Waals surface area contributed by atoms with Crippen LogP contribution in [0.1, 0.15) is 52.0 Å². The maximum atomic E-state index is 14.2. The molecule has 182 valence electrons. The molecule has 4 rings (SSSR count). The number of nitrogens with zero attached hydrogens (tertiary/aromatic N) is 3. The fourth-order valence-corrected chi connectivity index (χ4v) is 5.49. The number of rotatable bonds is 4. The molecule has 0 bridgehead atoms. The van der Waals surface area contributed by atoms with Crippen LogP contribution in [0.4, 0.5) is 19.7 Å². The molecule has 7 nitrogen and oxygen atoms in total. The molecule has 2 saturated heterocycles. The topological polar surface area (TPSA) is 62.3 Å². The number of benzene rings is 1. The van der Waals surface area contributed by atoms with Gasteiger partial charge in [0, 0.05) is 31.1 Å². The molecule has 33 heavy (non-hydrogen) atoms. The van der Waals surface area contributed by atoms with E-state index in [0.29, 0.717) is 38.9 Å². The number of anilines is 1. The molecule has 8 heteroatoms. The van der Waals surface area contributed by atoms with E-state index in [2.05, 4.69) is 4.90 Å². The van der Waals surface area contributed by atoms with Crippen LogP contribution in [0.3, 0.4) is 0 Å². The summed E-state index contributed by atoms with van der Waals surface area (Å²) in [5, 5.41) is 0. The van der Waals surface area contributed by atoms with Gasteiger partial charge in [-0.05, 0) is 75.4 Å². The molecule has 3 aliphatic rings. The lowest BCUT2D eigenvalue weighted by atomic mass is 9.74. The van der Waals surface area contributed by atoms with Gasteiger partial charge in [0.15, 0.2) is 0 Å². The van der Waals surface area contributed by atoms with E-state index in [1.54, 1.807) is 21.9 Å². The van der Waals surface area contributed by atoms with E-state index in [4.69, 9.17) is 9.47 Å². The smallest absolute Gasteiger partial charge is 0.414 e. The first-order valence-electron chi connectivity index (χ1n) is 12.2. The highest BCUT2D eigenvalue weighted by Crippen LogP contribution is 2.48. The molecule has 0 radical (unpaired) electrons. The summed E-state index contributed by atoms with van der Waals surface area (Å²) in [6.07, 6.45) is 3.05. The summed E-state index contributed by atoms with van der Waals surface area (Å²) in [7, 11) is 0. The zero-order valence-corrected chi connectivity index (χ0v) is 20.0. The summed E-state index contributed by atoms with van der Waals surface area (Å²) in [6, 6.07) is 5.19. The van der Waals surface area contributed by atoms with Crippen molar-refractivity contribution in [1.29, 1.82) is 0 Å². The van der Waals surface area contributed by atoms with Crippen molar-refractivity contribution >= 4 is 17.9 Å². The second-order valence-corrected chi connectivity index (χ2v) is 9.95. The summed E-state index contributed by atoms with van der Waals surface area (Å²) in [6.45, 7) is 10.4. The van der Waals surface area contributed by atoms with E-state index in [1.165, 1.54) is 6.07 Å². The third kappa shape index (κ3) is 4.95. The van der Waals surface area contributed by atoms with Gasteiger partial charge >= 0.3 is 12.2 Å². The molecule has 0 atom stereocenters. The second-order valence-electron chi connectivity index (χ2n) is 9.95. The molecule has 0 aliphatic carbocycles. The highest BCUT2D eigenvalue weighted by atomic mass is 19.1. The molecule has 0 N–H and O–H groups in total. The van der Waals surface area contributed by atoms with E-state index in [9.17, 15) is 14.0 Å². The average molecular weight is 462 g/mol. The van der Waals surface area contributed by atoms with Crippen LogP contribution in [0, 0.1) is 11.7 Å². The Balaban J connectivity index is 1.41. The van der Waals surface area contributed by atoms with Crippen molar-refractivity contribution in [1.82, 2.24) is 9.80 Å². The lowest BCUT2D eigenvalue weighted by Gasteiger charge is -2.45. The van der Waals surface area contributed by atoms with E-state index in [-0.39, 0.29) is 29.3 Å². The van der Waals surface area contributed by atoms with Crippen molar-refractivity contribution in [2.24, 2.45) is 5.92 Å². The van der Waals surface area contributed by atoms with Crippen LogP contribution >= 0.6 is 0 Å². The molecule has 1 aromatic carbocycles. The van der Waals surface area contributed by atoms with Crippen molar-refractivity contribution in [3.63, 3.8) is 0 Å². The van der Waals surface area contributed by atoms with E-state index in [0.717, 1.165) is 50.0 Å². The molecule has 0 aromatic heterocycles. The van der Waals surface area contributed by atoms with Crippen LogP contribution in [0.2, 0.25) is 0 Å². The first kappa shape index (κ1) is 23.8. The van der Waals surface area contributed by atoms with Crippen molar-refractivity contribution in [3.8, 4) is 0 Å². The third-order valence-electron chi connectivity index (χ3n) is 7.30. The molecule has 2 amide bonds. The Morgan fingerprint density at radius 2 is 1.79 bits per heavy atom. The minimum Gasteiger partial charge on any atom is -0.450 e. The normalized spacial score (nSPS) is 20.9. The first-order chi connectivity index (χ1) is 15.8. The Labute approximate surface area is 195 Å². The number of carbonyl (C=O) groups excluding carboxylic acids is 2. The maximum Gasteiger partial charge on any atom is 0.414 e. The van der Waals surface area contributed by atoms with Crippen LogP contribution in [-0.4, -0.2) is 74.0 Å². The van der Waals surface area contributed by atoms with Gasteiger partial charge < -0.3 is 19.3 Å². The molecule has 3 aliphatic heterocycles. The standard InChI is InChI=1S/C25H36FN3O4/c1-4-32-23(30)28-11-7-20(8-12-28)27-13-9-25(10-14-27)17-29(24(31)33-16-18(2)3)22-6-5-19(26)15-21(22)25/h5-6,15,18,20H,4,7-14,16-17H2,1-3H3. The molecule has 3 heterocycles. The van der Waals surface area contributed by atoms with Gasteiger partial charge in [0.25, 0.3) is 0 Å². The number of carbonyl (C=O) groups is 2. The summed E-state index contributed by atoms with van der Waals surface area (Å²) < 4.78 is 24.9. The fourth-order valence-electron chi connectivity index (χ4n) is 5.49. The number of hydrogen-bond acceptors (Lipinski definition) is 5. The fraction of sp³-hybridized carbons (Fsp3) is 0.680. The van der Waals surface area contributed by atoms with Crippen molar-refractivity contribution in [2.75, 3.05) is 50.8 Å². The van der Waals surface area contributed by atoms with Gasteiger partial charge in [0.1, 0.15) is 5.82 Å². The van der Waals surface area contributed by atoms with Crippen molar-refractivity contribution < 1.29 is 23.5 Å². The van der Waals surface area contributed by atoms with Gasteiger partial charge in [-0.1, -0.05) is 13.8 Å². The predicted octanol–water partition coefficient (Wildman–Crippen LogP) is 4.39. The second kappa shape index (κ2) is 9.87. The molecule has 1 aromatic rings. The number of hydrogen-bond donors (Lipinski definition) is 0. The van der Waals surface area contributed by atoms with E-state index >= 15 is 0 Å². The maximum absolute atomic E-state index is 14.2. The number of amides is 2. The van der Waals surface area contributed by atoms with Gasteiger partial charge in [0.2, 0.25) is 0 Å². The molecule has 2 fully saturated rings. The van der Waals surface area contributed by atoms with Crippen LogP contribution in [-0.2, 0) is 14.9 Å². The predicted molar refractivity (Wildman–Crippen MR) is 124 cm³/mol. The Bertz CT molecular complexity index is 861. The number of ether oxygens (including phenoxy) is 2. The van der Waals surface area contributed by atoms with Crippen LogP contribution in [0.5, 0.6) is 0 Å². The van der Waals surface area contributed by atoms with Gasteiger partial charge in [-0.25, -0.2) is 14.0 Å². The van der Waals surface area contributed by atoms with E-state index in [1.807, 2.05) is 20.8 Å². The van der Waals surface area contributed by atoms with Gasteiger partial charge in [-0.2, -0.15) is 0 Å². The Hall–Kier alpha value is -2.35. The molecule has 0 unspecified atom stereocenters. The molecule has 1 spiro atoms. The van der Waals surface area contributed by atoms with E-state index < -0.39 is 0 Å². The third-order valence-corrected chi connectivity index (χ3v) is 7.30. The minimum atomic E-state index is -0.345. The SMILES string of the molecule is CCOC(=O)N1CCC(N2CCC3(CC2)CN(C(=O)OCC(C)C)c2ccc(F)cc23)CC1. The Kier molecular flexibility index (Phi) is 7.12. The lowest BCUT2D eigenvalue weighted by molar-refractivity contribution is 0.0576. The highest BCUT2D eigenvalue weighted by Gasteiger charge is 2.48. The largest absolute Gasteiger partial charge is 0.450 e. The monoisotopic (exact) mass is 461 g/mol. The van der Waals surface area contributed by atoms with Crippen LogP contribution < -0.4 is 4.90 Å². The van der Waals surface area contributed by atoms with Gasteiger partial charge in [-0.15, -0.1) is 0 Å². The Morgan fingerprint density at radius 1 is 1.09 bits per heavy atom.